The molecule has 0 bridgehead atoms. The first-order valence-corrected chi connectivity index (χ1v) is 10.5. The number of nitrogens with one attached hydrogen (secondary N) is 2. The fourth-order valence-corrected chi connectivity index (χ4v) is 3.29. The third-order valence-electron chi connectivity index (χ3n) is 3.82. The molecule has 0 aliphatic carbocycles. The standard InChI is InChI=1S/C20H25FN2O3S/c1-20(2,3)13-18(14-8-10-16(21)11-9-14)22-19(24)15-6-5-7-17(12-15)23-27(4,25)26/h5-12,18,23H,13H2,1-4H3,(H,22,24). The van der Waals surface area contributed by atoms with Gasteiger partial charge in [0.05, 0.1) is 12.3 Å². The molecule has 1 atom stereocenters. The highest BCUT2D eigenvalue weighted by Gasteiger charge is 2.23. The van der Waals surface area contributed by atoms with Gasteiger partial charge in [0.15, 0.2) is 0 Å². The van der Waals surface area contributed by atoms with Crippen LogP contribution in [0.4, 0.5) is 10.1 Å². The minimum Gasteiger partial charge on any atom is -0.345 e. The summed E-state index contributed by atoms with van der Waals surface area (Å²) in [4.78, 5) is 12.7. The summed E-state index contributed by atoms with van der Waals surface area (Å²) in [6.45, 7) is 6.19. The molecule has 2 N–H and O–H groups in total. The summed E-state index contributed by atoms with van der Waals surface area (Å²) < 4.78 is 38.4. The van der Waals surface area contributed by atoms with E-state index < -0.39 is 10.0 Å². The van der Waals surface area contributed by atoms with E-state index in [0.29, 0.717) is 17.7 Å². The molecule has 2 aromatic carbocycles. The fourth-order valence-electron chi connectivity index (χ4n) is 2.74. The maximum absolute atomic E-state index is 13.3. The van der Waals surface area contributed by atoms with Crippen LogP contribution in [0.25, 0.3) is 0 Å². The lowest BCUT2D eigenvalue weighted by Crippen LogP contribution is -2.31. The van der Waals surface area contributed by atoms with Crippen LogP contribution in [0.3, 0.4) is 0 Å². The first-order chi connectivity index (χ1) is 12.4. The quantitative estimate of drug-likeness (QED) is 0.777. The minimum atomic E-state index is -3.43. The third kappa shape index (κ3) is 7.02. The zero-order chi connectivity index (χ0) is 20.2. The molecule has 1 unspecified atom stereocenters. The zero-order valence-electron chi connectivity index (χ0n) is 15.9. The van der Waals surface area contributed by atoms with Gasteiger partial charge in [-0.1, -0.05) is 39.0 Å². The van der Waals surface area contributed by atoms with Crippen molar-refractivity contribution in [3.05, 3.63) is 65.5 Å². The molecule has 146 valence electrons. The van der Waals surface area contributed by atoms with Gasteiger partial charge in [0.1, 0.15) is 5.82 Å². The molecule has 2 rings (SSSR count). The summed E-state index contributed by atoms with van der Waals surface area (Å²) in [7, 11) is -3.43. The Morgan fingerprint density at radius 2 is 1.74 bits per heavy atom. The number of hydrogen-bond donors (Lipinski definition) is 2. The van der Waals surface area contributed by atoms with Crippen LogP contribution in [0.5, 0.6) is 0 Å². The van der Waals surface area contributed by atoms with Crippen LogP contribution in [0, 0.1) is 11.2 Å². The predicted octanol–water partition coefficient (Wildman–Crippen LogP) is 4.10. The zero-order valence-corrected chi connectivity index (χ0v) is 16.7. The van der Waals surface area contributed by atoms with Crippen molar-refractivity contribution in [2.75, 3.05) is 11.0 Å². The van der Waals surface area contributed by atoms with Gasteiger partial charge in [0, 0.05) is 11.3 Å². The van der Waals surface area contributed by atoms with Crippen molar-refractivity contribution in [2.24, 2.45) is 5.41 Å². The van der Waals surface area contributed by atoms with Crippen LogP contribution >= 0.6 is 0 Å². The van der Waals surface area contributed by atoms with Crippen LogP contribution in [0.15, 0.2) is 48.5 Å². The molecular formula is C20H25FN2O3S. The van der Waals surface area contributed by atoms with Gasteiger partial charge >= 0.3 is 0 Å². The molecule has 0 aromatic heterocycles. The van der Waals surface area contributed by atoms with E-state index in [1.165, 1.54) is 18.2 Å². The average molecular weight is 392 g/mol. The molecule has 1 amide bonds. The summed E-state index contributed by atoms with van der Waals surface area (Å²) in [5, 5.41) is 2.98. The fraction of sp³-hybridized carbons (Fsp3) is 0.350. The van der Waals surface area contributed by atoms with Gasteiger partial charge in [-0.25, -0.2) is 12.8 Å². The largest absolute Gasteiger partial charge is 0.345 e. The van der Waals surface area contributed by atoms with Crippen LogP contribution in [-0.4, -0.2) is 20.6 Å². The van der Waals surface area contributed by atoms with Crippen molar-refractivity contribution < 1.29 is 17.6 Å². The van der Waals surface area contributed by atoms with E-state index >= 15 is 0 Å². The van der Waals surface area contributed by atoms with Gasteiger partial charge in [-0.05, 0) is 47.7 Å². The molecule has 0 aliphatic rings. The van der Waals surface area contributed by atoms with E-state index in [2.05, 4.69) is 30.8 Å². The molecule has 0 heterocycles. The van der Waals surface area contributed by atoms with Crippen molar-refractivity contribution in [3.8, 4) is 0 Å². The maximum atomic E-state index is 13.3. The Hall–Kier alpha value is -2.41. The van der Waals surface area contributed by atoms with Gasteiger partial charge in [-0.15, -0.1) is 0 Å². The lowest BCUT2D eigenvalue weighted by molar-refractivity contribution is 0.0926. The molecule has 0 saturated carbocycles. The Bertz CT molecular complexity index is 904. The minimum absolute atomic E-state index is 0.0635. The van der Waals surface area contributed by atoms with Crippen LogP contribution < -0.4 is 10.0 Å². The molecule has 0 radical (unpaired) electrons. The number of benzene rings is 2. The number of amides is 1. The van der Waals surface area contributed by atoms with Gasteiger partial charge in [-0.2, -0.15) is 0 Å². The Kier molecular flexibility index (Phi) is 6.26. The van der Waals surface area contributed by atoms with E-state index in [9.17, 15) is 17.6 Å². The molecule has 0 fully saturated rings. The van der Waals surface area contributed by atoms with Gasteiger partial charge in [0.25, 0.3) is 5.91 Å². The van der Waals surface area contributed by atoms with E-state index in [1.54, 1.807) is 30.3 Å². The third-order valence-corrected chi connectivity index (χ3v) is 4.43. The summed E-state index contributed by atoms with van der Waals surface area (Å²) in [5.41, 5.74) is 1.40. The predicted molar refractivity (Wildman–Crippen MR) is 106 cm³/mol. The van der Waals surface area contributed by atoms with Crippen molar-refractivity contribution in [2.45, 2.75) is 33.2 Å². The van der Waals surface area contributed by atoms with Crippen LogP contribution in [0.2, 0.25) is 0 Å². The van der Waals surface area contributed by atoms with E-state index in [-0.39, 0.29) is 23.2 Å². The highest BCUT2D eigenvalue weighted by atomic mass is 32.2. The number of hydrogen-bond acceptors (Lipinski definition) is 3. The second-order valence-electron chi connectivity index (χ2n) is 7.80. The molecule has 7 heteroatoms. The number of halogens is 1. The van der Waals surface area contributed by atoms with Crippen molar-refractivity contribution in [1.29, 1.82) is 0 Å². The molecule has 0 saturated heterocycles. The molecular weight excluding hydrogens is 367 g/mol. The lowest BCUT2D eigenvalue weighted by atomic mass is 9.85. The Labute approximate surface area is 160 Å². The monoisotopic (exact) mass is 392 g/mol. The van der Waals surface area contributed by atoms with Crippen molar-refractivity contribution in [1.82, 2.24) is 5.32 Å². The van der Waals surface area contributed by atoms with Crippen LogP contribution in [-0.2, 0) is 10.0 Å². The van der Waals surface area contributed by atoms with Crippen molar-refractivity contribution in [3.63, 3.8) is 0 Å². The SMILES string of the molecule is CC(C)(C)CC(NC(=O)c1cccc(NS(C)(=O)=O)c1)c1ccc(F)cc1. The van der Waals surface area contributed by atoms with Gasteiger partial charge in [0.2, 0.25) is 10.0 Å². The summed E-state index contributed by atoms with van der Waals surface area (Å²) in [6.07, 6.45) is 1.71. The first kappa shape index (κ1) is 20.9. The van der Waals surface area contributed by atoms with E-state index in [4.69, 9.17) is 0 Å². The highest BCUT2D eigenvalue weighted by Crippen LogP contribution is 2.30. The molecule has 5 nitrogen and oxygen atoms in total. The second-order valence-corrected chi connectivity index (χ2v) is 9.55. The Morgan fingerprint density at radius 3 is 2.30 bits per heavy atom. The number of sulfonamides is 1. The Morgan fingerprint density at radius 1 is 1.11 bits per heavy atom. The van der Waals surface area contributed by atoms with Gasteiger partial charge in [-0.3, -0.25) is 9.52 Å². The number of rotatable bonds is 6. The second kappa shape index (κ2) is 8.08. The summed E-state index contributed by atoms with van der Waals surface area (Å²) >= 11 is 0. The summed E-state index contributed by atoms with van der Waals surface area (Å²) in [5.74, 6) is -0.662. The maximum Gasteiger partial charge on any atom is 0.251 e. The number of anilines is 1. The first-order valence-electron chi connectivity index (χ1n) is 8.57. The molecule has 0 spiro atoms. The topological polar surface area (TPSA) is 75.3 Å². The van der Waals surface area contributed by atoms with Gasteiger partial charge < -0.3 is 5.32 Å². The molecule has 0 aliphatic heterocycles. The van der Waals surface area contributed by atoms with Crippen LogP contribution in [0.1, 0.15) is 49.2 Å². The number of carbonyl (C=O) groups excluding carboxylic acids is 1. The lowest BCUT2D eigenvalue weighted by Gasteiger charge is -2.27. The van der Waals surface area contributed by atoms with E-state index in [0.717, 1.165) is 11.8 Å². The summed E-state index contributed by atoms with van der Waals surface area (Å²) in [6, 6.07) is 12.0. The average Bonchev–Trinajstić information content (AvgIpc) is 2.52. The smallest absolute Gasteiger partial charge is 0.251 e. The molecule has 27 heavy (non-hydrogen) atoms. The number of carbonyl (C=O) groups is 1. The highest BCUT2D eigenvalue weighted by molar-refractivity contribution is 7.92. The van der Waals surface area contributed by atoms with E-state index in [1.807, 2.05) is 0 Å². The van der Waals surface area contributed by atoms with Crippen molar-refractivity contribution >= 4 is 21.6 Å². The normalized spacial score (nSPS) is 13.1. The Balaban J connectivity index is 2.25. The molecule has 2 aromatic rings.